The number of nitrogen functional groups attached to an aromatic ring is 1. The molecule has 0 bridgehead atoms. The molecule has 1 rings (SSSR count). The Morgan fingerprint density at radius 1 is 1.38 bits per heavy atom. The third kappa shape index (κ3) is 6.73. The lowest BCUT2D eigenvalue weighted by Gasteiger charge is -2.09. The Labute approximate surface area is 134 Å². The van der Waals surface area contributed by atoms with Crippen LogP contribution in [-0.2, 0) is 4.79 Å². The number of amides is 3. The second-order valence-electron chi connectivity index (χ2n) is 4.93. The standard InChI is InChI=1S/C14H20ClN3O2S/c1-9(2)6-7-17-14(20)18-12(19)8-21-13-10(15)4-3-5-11(13)16/h3-5,9H,6-8,16H2,1-2H3,(H2,17,18,19,20). The van der Waals surface area contributed by atoms with Gasteiger partial charge in [0.05, 0.1) is 10.8 Å². The Kier molecular flexibility index (Phi) is 7.39. The summed E-state index contributed by atoms with van der Waals surface area (Å²) >= 11 is 7.21. The van der Waals surface area contributed by atoms with E-state index in [1.165, 1.54) is 11.8 Å². The lowest BCUT2D eigenvalue weighted by molar-refractivity contribution is -0.117. The van der Waals surface area contributed by atoms with Gasteiger partial charge in [0.15, 0.2) is 0 Å². The van der Waals surface area contributed by atoms with Gasteiger partial charge in [0.1, 0.15) is 0 Å². The number of rotatable bonds is 6. The van der Waals surface area contributed by atoms with Gasteiger partial charge < -0.3 is 11.1 Å². The molecular formula is C14H20ClN3O2S. The molecule has 0 aromatic heterocycles. The average molecular weight is 330 g/mol. The highest BCUT2D eigenvalue weighted by molar-refractivity contribution is 8.00. The summed E-state index contributed by atoms with van der Waals surface area (Å²) < 4.78 is 0. The van der Waals surface area contributed by atoms with E-state index in [1.54, 1.807) is 18.2 Å². The maximum atomic E-state index is 11.7. The van der Waals surface area contributed by atoms with Crippen LogP contribution < -0.4 is 16.4 Å². The van der Waals surface area contributed by atoms with Crippen LogP contribution in [0.5, 0.6) is 0 Å². The molecule has 4 N–H and O–H groups in total. The molecule has 0 aliphatic heterocycles. The van der Waals surface area contributed by atoms with Gasteiger partial charge in [0, 0.05) is 17.1 Å². The molecule has 0 heterocycles. The average Bonchev–Trinajstić information content (AvgIpc) is 2.37. The number of hydrogen-bond donors (Lipinski definition) is 3. The fourth-order valence-electron chi connectivity index (χ4n) is 1.50. The van der Waals surface area contributed by atoms with E-state index in [0.717, 1.165) is 6.42 Å². The summed E-state index contributed by atoms with van der Waals surface area (Å²) in [6.07, 6.45) is 0.868. The van der Waals surface area contributed by atoms with E-state index in [0.29, 0.717) is 28.1 Å². The van der Waals surface area contributed by atoms with Crippen molar-refractivity contribution in [3.8, 4) is 0 Å². The van der Waals surface area contributed by atoms with Crippen molar-refractivity contribution >= 4 is 41.0 Å². The molecule has 3 amide bonds. The van der Waals surface area contributed by atoms with Crippen molar-refractivity contribution in [2.24, 2.45) is 5.92 Å². The van der Waals surface area contributed by atoms with E-state index in [1.807, 2.05) is 0 Å². The number of hydrogen-bond acceptors (Lipinski definition) is 4. The highest BCUT2D eigenvalue weighted by Gasteiger charge is 2.11. The highest BCUT2D eigenvalue weighted by atomic mass is 35.5. The number of urea groups is 1. The monoisotopic (exact) mass is 329 g/mol. The number of imide groups is 1. The van der Waals surface area contributed by atoms with Crippen molar-refractivity contribution in [3.05, 3.63) is 23.2 Å². The SMILES string of the molecule is CC(C)CCNC(=O)NC(=O)CSc1c(N)cccc1Cl. The van der Waals surface area contributed by atoms with E-state index in [4.69, 9.17) is 17.3 Å². The summed E-state index contributed by atoms with van der Waals surface area (Å²) in [5, 5.41) is 5.40. The number of halogens is 1. The predicted molar refractivity (Wildman–Crippen MR) is 87.6 cm³/mol. The minimum absolute atomic E-state index is 0.0749. The molecule has 7 heteroatoms. The molecule has 5 nitrogen and oxygen atoms in total. The van der Waals surface area contributed by atoms with E-state index < -0.39 is 6.03 Å². The third-order valence-corrected chi connectivity index (χ3v) is 4.18. The van der Waals surface area contributed by atoms with E-state index in [-0.39, 0.29) is 11.7 Å². The summed E-state index contributed by atoms with van der Waals surface area (Å²) in [6.45, 7) is 4.67. The first-order valence-corrected chi connectivity index (χ1v) is 8.01. The molecule has 0 aliphatic carbocycles. The number of carbonyl (C=O) groups is 2. The topological polar surface area (TPSA) is 84.2 Å². The number of anilines is 1. The van der Waals surface area contributed by atoms with Crippen LogP contribution in [0.4, 0.5) is 10.5 Å². The molecule has 0 saturated carbocycles. The molecule has 0 saturated heterocycles. The fraction of sp³-hybridized carbons (Fsp3) is 0.429. The van der Waals surface area contributed by atoms with Gasteiger partial charge in [-0.15, -0.1) is 11.8 Å². The first-order chi connectivity index (χ1) is 9.90. The smallest absolute Gasteiger partial charge is 0.321 e. The van der Waals surface area contributed by atoms with Gasteiger partial charge in [-0.1, -0.05) is 31.5 Å². The Bertz CT molecular complexity index is 489. The van der Waals surface area contributed by atoms with Crippen LogP contribution in [0.3, 0.4) is 0 Å². The van der Waals surface area contributed by atoms with Gasteiger partial charge in [0.2, 0.25) is 5.91 Å². The van der Waals surface area contributed by atoms with Crippen molar-refractivity contribution in [1.29, 1.82) is 0 Å². The van der Waals surface area contributed by atoms with Gasteiger partial charge in [0.25, 0.3) is 0 Å². The van der Waals surface area contributed by atoms with Crippen molar-refractivity contribution < 1.29 is 9.59 Å². The molecule has 0 aliphatic rings. The van der Waals surface area contributed by atoms with Crippen LogP contribution in [0, 0.1) is 5.92 Å². The normalized spacial score (nSPS) is 10.5. The van der Waals surface area contributed by atoms with E-state index >= 15 is 0 Å². The van der Waals surface area contributed by atoms with Gasteiger partial charge in [-0.2, -0.15) is 0 Å². The lowest BCUT2D eigenvalue weighted by Crippen LogP contribution is -2.40. The second kappa shape index (κ2) is 8.79. The molecule has 0 unspecified atom stereocenters. The minimum atomic E-state index is -0.478. The summed E-state index contributed by atoms with van der Waals surface area (Å²) in [4.78, 5) is 23.8. The Morgan fingerprint density at radius 2 is 2.10 bits per heavy atom. The molecule has 116 valence electrons. The van der Waals surface area contributed by atoms with E-state index in [9.17, 15) is 9.59 Å². The molecule has 0 fully saturated rings. The molecule has 1 aromatic rings. The Balaban J connectivity index is 2.36. The number of carbonyl (C=O) groups excluding carboxylic acids is 2. The van der Waals surface area contributed by atoms with Crippen molar-refractivity contribution in [2.45, 2.75) is 25.2 Å². The zero-order chi connectivity index (χ0) is 15.8. The van der Waals surface area contributed by atoms with Crippen LogP contribution in [0.25, 0.3) is 0 Å². The molecule has 0 spiro atoms. The Hall–Kier alpha value is -1.40. The summed E-state index contributed by atoms with van der Waals surface area (Å²) in [5.41, 5.74) is 6.30. The fourth-order valence-corrected chi connectivity index (χ4v) is 2.63. The van der Waals surface area contributed by atoms with Crippen LogP contribution in [0.1, 0.15) is 20.3 Å². The van der Waals surface area contributed by atoms with Crippen molar-refractivity contribution in [1.82, 2.24) is 10.6 Å². The van der Waals surface area contributed by atoms with Crippen molar-refractivity contribution in [2.75, 3.05) is 18.0 Å². The predicted octanol–water partition coefficient (Wildman–Crippen LogP) is 2.89. The highest BCUT2D eigenvalue weighted by Crippen LogP contribution is 2.32. The molecular weight excluding hydrogens is 310 g/mol. The molecule has 1 aromatic carbocycles. The first kappa shape index (κ1) is 17.7. The second-order valence-corrected chi connectivity index (χ2v) is 6.33. The number of nitrogens with two attached hydrogens (primary N) is 1. The summed E-state index contributed by atoms with van der Waals surface area (Å²) in [6, 6.07) is 4.68. The maximum absolute atomic E-state index is 11.7. The maximum Gasteiger partial charge on any atom is 0.321 e. The summed E-state index contributed by atoms with van der Waals surface area (Å²) in [7, 11) is 0. The van der Waals surface area contributed by atoms with Crippen LogP contribution in [0.15, 0.2) is 23.1 Å². The quantitative estimate of drug-likeness (QED) is 0.553. The number of nitrogens with one attached hydrogen (secondary N) is 2. The van der Waals surface area contributed by atoms with Crippen LogP contribution in [-0.4, -0.2) is 24.2 Å². The van der Waals surface area contributed by atoms with Gasteiger partial charge in [-0.05, 0) is 24.5 Å². The molecule has 21 heavy (non-hydrogen) atoms. The lowest BCUT2D eigenvalue weighted by atomic mass is 10.1. The minimum Gasteiger partial charge on any atom is -0.398 e. The molecule has 0 radical (unpaired) electrons. The van der Waals surface area contributed by atoms with E-state index in [2.05, 4.69) is 24.5 Å². The first-order valence-electron chi connectivity index (χ1n) is 6.64. The van der Waals surface area contributed by atoms with Gasteiger partial charge >= 0.3 is 6.03 Å². The van der Waals surface area contributed by atoms with Crippen LogP contribution in [0.2, 0.25) is 5.02 Å². The Morgan fingerprint density at radius 3 is 2.71 bits per heavy atom. The molecule has 0 atom stereocenters. The number of benzene rings is 1. The van der Waals surface area contributed by atoms with Crippen molar-refractivity contribution in [3.63, 3.8) is 0 Å². The van der Waals surface area contributed by atoms with Gasteiger partial charge in [-0.25, -0.2) is 4.79 Å². The van der Waals surface area contributed by atoms with Crippen LogP contribution >= 0.6 is 23.4 Å². The zero-order valence-corrected chi connectivity index (χ0v) is 13.7. The van der Waals surface area contributed by atoms with Gasteiger partial charge in [-0.3, -0.25) is 10.1 Å². The third-order valence-electron chi connectivity index (χ3n) is 2.61. The zero-order valence-electron chi connectivity index (χ0n) is 12.1. The number of thioether (sulfide) groups is 1. The summed E-state index contributed by atoms with van der Waals surface area (Å²) in [5.74, 6) is 0.187. The largest absolute Gasteiger partial charge is 0.398 e.